The standard InChI is InChI=1S/C16H26N4OS/c1-18-8-10-20(11-9-18)15(21)4-7-19-6-2-3-14(13-19)16-17-5-12-22-16/h5,12,14H,2-4,6-11,13H2,1H3/t14-/m1/s1. The fraction of sp³-hybridized carbons (Fsp3) is 0.750. The van der Waals surface area contributed by atoms with Gasteiger partial charge in [-0.05, 0) is 26.4 Å². The van der Waals surface area contributed by atoms with Gasteiger partial charge in [0.25, 0.3) is 0 Å². The summed E-state index contributed by atoms with van der Waals surface area (Å²) in [4.78, 5) is 23.6. The van der Waals surface area contributed by atoms with Crippen molar-refractivity contribution in [3.8, 4) is 0 Å². The van der Waals surface area contributed by atoms with Crippen molar-refractivity contribution in [2.75, 3.05) is 52.9 Å². The topological polar surface area (TPSA) is 39.7 Å². The lowest BCUT2D eigenvalue weighted by Gasteiger charge is -2.34. The predicted molar refractivity (Wildman–Crippen MR) is 89.2 cm³/mol. The Morgan fingerprint density at radius 1 is 1.32 bits per heavy atom. The SMILES string of the molecule is CN1CCN(C(=O)CCN2CCC[C@@H](c3nccs3)C2)CC1. The van der Waals surface area contributed by atoms with Crippen LogP contribution in [-0.2, 0) is 4.79 Å². The van der Waals surface area contributed by atoms with Crippen LogP contribution in [0.25, 0.3) is 0 Å². The molecule has 1 amide bonds. The number of amides is 1. The van der Waals surface area contributed by atoms with E-state index in [9.17, 15) is 4.79 Å². The van der Waals surface area contributed by atoms with Crippen LogP contribution in [0.5, 0.6) is 0 Å². The summed E-state index contributed by atoms with van der Waals surface area (Å²) >= 11 is 1.76. The second-order valence-electron chi connectivity index (χ2n) is 6.44. The number of likely N-dealkylation sites (N-methyl/N-ethyl adjacent to an activating group) is 1. The predicted octanol–water partition coefficient (Wildman–Crippen LogP) is 1.49. The number of thiazole rings is 1. The number of aromatic nitrogens is 1. The summed E-state index contributed by atoms with van der Waals surface area (Å²) in [7, 11) is 2.12. The Kier molecular flexibility index (Phi) is 5.44. The second kappa shape index (κ2) is 7.53. The van der Waals surface area contributed by atoms with Crippen molar-refractivity contribution in [3.05, 3.63) is 16.6 Å². The van der Waals surface area contributed by atoms with Gasteiger partial charge in [-0.2, -0.15) is 0 Å². The molecule has 1 aromatic rings. The molecule has 0 radical (unpaired) electrons. The summed E-state index contributed by atoms with van der Waals surface area (Å²) in [6.07, 6.45) is 5.01. The average Bonchev–Trinajstić information content (AvgIpc) is 3.08. The second-order valence-corrected chi connectivity index (χ2v) is 7.37. The minimum atomic E-state index is 0.324. The Bertz CT molecular complexity index is 471. The van der Waals surface area contributed by atoms with Gasteiger partial charge in [0, 0.05) is 63.2 Å². The van der Waals surface area contributed by atoms with E-state index < -0.39 is 0 Å². The Morgan fingerprint density at radius 3 is 2.86 bits per heavy atom. The van der Waals surface area contributed by atoms with Crippen LogP contribution in [0.2, 0.25) is 0 Å². The highest BCUT2D eigenvalue weighted by Gasteiger charge is 2.24. The van der Waals surface area contributed by atoms with Gasteiger partial charge in [-0.25, -0.2) is 4.98 Å². The number of rotatable bonds is 4. The number of hydrogen-bond acceptors (Lipinski definition) is 5. The smallest absolute Gasteiger partial charge is 0.223 e. The van der Waals surface area contributed by atoms with Crippen molar-refractivity contribution < 1.29 is 4.79 Å². The molecule has 0 aromatic carbocycles. The molecule has 0 spiro atoms. The summed E-state index contributed by atoms with van der Waals surface area (Å²) in [5.41, 5.74) is 0. The zero-order valence-corrected chi connectivity index (χ0v) is 14.2. The zero-order chi connectivity index (χ0) is 15.4. The number of hydrogen-bond donors (Lipinski definition) is 0. The van der Waals surface area contributed by atoms with E-state index in [-0.39, 0.29) is 0 Å². The lowest BCUT2D eigenvalue weighted by Crippen LogP contribution is -2.48. The highest BCUT2D eigenvalue weighted by molar-refractivity contribution is 7.09. The van der Waals surface area contributed by atoms with E-state index in [1.165, 1.54) is 17.8 Å². The molecule has 5 nitrogen and oxygen atoms in total. The van der Waals surface area contributed by atoms with Gasteiger partial charge < -0.3 is 14.7 Å². The zero-order valence-electron chi connectivity index (χ0n) is 13.4. The van der Waals surface area contributed by atoms with Crippen LogP contribution in [0.3, 0.4) is 0 Å². The van der Waals surface area contributed by atoms with Crippen molar-refractivity contribution >= 4 is 17.2 Å². The Balaban J connectivity index is 1.44. The van der Waals surface area contributed by atoms with E-state index in [1.54, 1.807) is 11.3 Å². The molecule has 1 aromatic heterocycles. The van der Waals surface area contributed by atoms with Crippen molar-refractivity contribution in [1.29, 1.82) is 0 Å². The van der Waals surface area contributed by atoms with Gasteiger partial charge in [0.2, 0.25) is 5.91 Å². The van der Waals surface area contributed by atoms with Gasteiger partial charge in [0.15, 0.2) is 0 Å². The molecule has 1 atom stereocenters. The van der Waals surface area contributed by atoms with Crippen molar-refractivity contribution in [1.82, 2.24) is 19.7 Å². The molecule has 22 heavy (non-hydrogen) atoms. The van der Waals surface area contributed by atoms with Gasteiger partial charge in [0.1, 0.15) is 0 Å². The summed E-state index contributed by atoms with van der Waals surface area (Å²) < 4.78 is 0. The third-order valence-corrected chi connectivity index (χ3v) is 5.74. The maximum absolute atomic E-state index is 12.3. The number of likely N-dealkylation sites (tertiary alicyclic amines) is 1. The molecule has 2 saturated heterocycles. The van der Waals surface area contributed by atoms with Gasteiger partial charge in [-0.1, -0.05) is 0 Å². The lowest BCUT2D eigenvalue weighted by atomic mass is 9.98. The molecule has 0 N–H and O–H groups in total. The number of carbonyl (C=O) groups excluding carboxylic acids is 1. The molecule has 3 heterocycles. The highest BCUT2D eigenvalue weighted by Crippen LogP contribution is 2.28. The van der Waals surface area contributed by atoms with E-state index in [4.69, 9.17) is 0 Å². The molecule has 2 fully saturated rings. The van der Waals surface area contributed by atoms with Crippen LogP contribution >= 0.6 is 11.3 Å². The van der Waals surface area contributed by atoms with E-state index in [1.807, 2.05) is 11.1 Å². The Hall–Kier alpha value is -0.980. The Morgan fingerprint density at radius 2 is 2.14 bits per heavy atom. The average molecular weight is 322 g/mol. The minimum Gasteiger partial charge on any atom is -0.340 e. The van der Waals surface area contributed by atoms with Gasteiger partial charge >= 0.3 is 0 Å². The third kappa shape index (κ3) is 4.06. The number of nitrogens with zero attached hydrogens (tertiary/aromatic N) is 4. The van der Waals surface area contributed by atoms with Gasteiger partial charge in [-0.3, -0.25) is 4.79 Å². The van der Waals surface area contributed by atoms with Crippen LogP contribution in [-0.4, -0.2) is 78.5 Å². The van der Waals surface area contributed by atoms with Crippen LogP contribution in [0.4, 0.5) is 0 Å². The molecule has 3 rings (SSSR count). The first-order valence-corrected chi connectivity index (χ1v) is 9.18. The number of carbonyl (C=O) groups is 1. The van der Waals surface area contributed by atoms with Crippen molar-refractivity contribution in [2.24, 2.45) is 0 Å². The largest absolute Gasteiger partial charge is 0.340 e. The van der Waals surface area contributed by atoms with Gasteiger partial charge in [0.05, 0.1) is 5.01 Å². The van der Waals surface area contributed by atoms with Crippen LogP contribution in [0.1, 0.15) is 30.2 Å². The molecule has 6 heteroatoms. The summed E-state index contributed by atoms with van der Waals surface area (Å²) in [6, 6.07) is 0. The highest BCUT2D eigenvalue weighted by atomic mass is 32.1. The molecule has 0 bridgehead atoms. The minimum absolute atomic E-state index is 0.324. The van der Waals surface area contributed by atoms with Crippen molar-refractivity contribution in [3.63, 3.8) is 0 Å². The quantitative estimate of drug-likeness (QED) is 0.842. The first kappa shape index (κ1) is 15.9. The van der Waals surface area contributed by atoms with Crippen LogP contribution < -0.4 is 0 Å². The van der Waals surface area contributed by atoms with Gasteiger partial charge in [-0.15, -0.1) is 11.3 Å². The molecular weight excluding hydrogens is 296 g/mol. The molecule has 2 aliphatic heterocycles. The Labute approximate surface area is 136 Å². The molecule has 2 aliphatic rings. The summed E-state index contributed by atoms with van der Waals surface area (Å²) in [6.45, 7) is 6.85. The van der Waals surface area contributed by atoms with Crippen LogP contribution in [0.15, 0.2) is 11.6 Å². The molecule has 0 aliphatic carbocycles. The monoisotopic (exact) mass is 322 g/mol. The third-order valence-electron chi connectivity index (χ3n) is 4.80. The fourth-order valence-electron chi connectivity index (χ4n) is 3.36. The lowest BCUT2D eigenvalue weighted by molar-refractivity contribution is -0.133. The van der Waals surface area contributed by atoms with E-state index in [0.29, 0.717) is 18.2 Å². The molecule has 122 valence electrons. The van der Waals surface area contributed by atoms with E-state index >= 15 is 0 Å². The van der Waals surface area contributed by atoms with Crippen molar-refractivity contribution in [2.45, 2.75) is 25.2 Å². The molecule has 0 unspecified atom stereocenters. The first-order valence-electron chi connectivity index (χ1n) is 8.30. The first-order chi connectivity index (χ1) is 10.7. The number of piperidine rings is 1. The maximum atomic E-state index is 12.3. The van der Waals surface area contributed by atoms with Crippen LogP contribution in [0, 0.1) is 0 Å². The molecule has 0 saturated carbocycles. The number of piperazine rings is 1. The summed E-state index contributed by atoms with van der Waals surface area (Å²) in [5.74, 6) is 0.886. The summed E-state index contributed by atoms with van der Waals surface area (Å²) in [5, 5.41) is 3.32. The van der Waals surface area contributed by atoms with E-state index in [2.05, 4.69) is 27.2 Å². The fourth-order valence-corrected chi connectivity index (χ4v) is 4.13. The van der Waals surface area contributed by atoms with E-state index in [0.717, 1.165) is 45.8 Å². The maximum Gasteiger partial charge on any atom is 0.223 e. The molecular formula is C16H26N4OS. The normalized spacial score (nSPS) is 24.6.